The third kappa shape index (κ3) is 2.93. The standard InChI is InChI=1S/C16H16FNO/c17-13-6-11(7-14(19)8-13)10-18-16-9-15(16)12-4-2-1-3-5-12/h1-8,15-16,18-19H,9-10H2. The Kier molecular flexibility index (Phi) is 3.22. The zero-order chi connectivity index (χ0) is 13.2. The Bertz CT molecular complexity index is 550. The van der Waals surface area contributed by atoms with Crippen LogP contribution in [0.5, 0.6) is 5.75 Å². The molecule has 2 aromatic carbocycles. The lowest BCUT2D eigenvalue weighted by atomic mass is 10.1. The van der Waals surface area contributed by atoms with Crippen molar-refractivity contribution in [2.75, 3.05) is 0 Å². The van der Waals surface area contributed by atoms with Gasteiger partial charge in [0.1, 0.15) is 11.6 Å². The summed E-state index contributed by atoms with van der Waals surface area (Å²) in [7, 11) is 0. The van der Waals surface area contributed by atoms with Gasteiger partial charge in [-0.2, -0.15) is 0 Å². The first kappa shape index (κ1) is 12.2. The van der Waals surface area contributed by atoms with Gasteiger partial charge in [0.15, 0.2) is 0 Å². The number of rotatable bonds is 4. The molecule has 1 fully saturated rings. The van der Waals surface area contributed by atoms with Gasteiger partial charge in [0, 0.05) is 24.6 Å². The normalized spacial score (nSPS) is 21.3. The number of phenols is 1. The number of halogens is 1. The van der Waals surface area contributed by atoms with E-state index in [9.17, 15) is 9.50 Å². The Hall–Kier alpha value is -1.87. The van der Waals surface area contributed by atoms with Crippen LogP contribution in [-0.4, -0.2) is 11.1 Å². The molecule has 3 heteroatoms. The third-order valence-corrected chi connectivity index (χ3v) is 3.53. The van der Waals surface area contributed by atoms with E-state index >= 15 is 0 Å². The molecule has 2 nitrogen and oxygen atoms in total. The molecule has 0 aromatic heterocycles. The van der Waals surface area contributed by atoms with E-state index in [0.717, 1.165) is 18.1 Å². The Morgan fingerprint density at radius 3 is 2.68 bits per heavy atom. The highest BCUT2D eigenvalue weighted by Gasteiger charge is 2.37. The molecule has 19 heavy (non-hydrogen) atoms. The largest absolute Gasteiger partial charge is 0.508 e. The second-order valence-electron chi connectivity index (χ2n) is 5.06. The fourth-order valence-corrected chi connectivity index (χ4v) is 2.47. The summed E-state index contributed by atoms with van der Waals surface area (Å²) in [6.07, 6.45) is 1.12. The minimum Gasteiger partial charge on any atom is -0.508 e. The molecule has 1 aliphatic rings. The molecule has 0 bridgehead atoms. The highest BCUT2D eigenvalue weighted by atomic mass is 19.1. The Morgan fingerprint density at radius 1 is 1.16 bits per heavy atom. The van der Waals surface area contributed by atoms with Gasteiger partial charge in [-0.3, -0.25) is 0 Å². The number of nitrogens with one attached hydrogen (secondary N) is 1. The summed E-state index contributed by atoms with van der Waals surface area (Å²) in [5.41, 5.74) is 2.12. The summed E-state index contributed by atoms with van der Waals surface area (Å²) >= 11 is 0. The number of hydrogen-bond acceptors (Lipinski definition) is 2. The Morgan fingerprint density at radius 2 is 1.95 bits per heavy atom. The van der Waals surface area contributed by atoms with Gasteiger partial charge in [0.2, 0.25) is 0 Å². The van der Waals surface area contributed by atoms with Gasteiger partial charge in [0.25, 0.3) is 0 Å². The fraction of sp³-hybridized carbons (Fsp3) is 0.250. The summed E-state index contributed by atoms with van der Waals surface area (Å²) in [4.78, 5) is 0. The van der Waals surface area contributed by atoms with Crippen LogP contribution in [0.3, 0.4) is 0 Å². The molecule has 1 aliphatic carbocycles. The van der Waals surface area contributed by atoms with Crippen molar-refractivity contribution in [2.24, 2.45) is 0 Å². The van der Waals surface area contributed by atoms with Crippen LogP contribution in [0.4, 0.5) is 4.39 Å². The molecule has 2 unspecified atom stereocenters. The summed E-state index contributed by atoms with van der Waals surface area (Å²) < 4.78 is 13.1. The van der Waals surface area contributed by atoms with Gasteiger partial charge < -0.3 is 10.4 Å². The summed E-state index contributed by atoms with van der Waals surface area (Å²) in [6.45, 7) is 0.583. The van der Waals surface area contributed by atoms with Crippen molar-refractivity contribution in [2.45, 2.75) is 24.9 Å². The van der Waals surface area contributed by atoms with Crippen molar-refractivity contribution >= 4 is 0 Å². The maximum atomic E-state index is 13.1. The zero-order valence-corrected chi connectivity index (χ0v) is 10.5. The van der Waals surface area contributed by atoms with Crippen LogP contribution in [0, 0.1) is 5.82 Å². The minimum atomic E-state index is -0.396. The second kappa shape index (κ2) is 5.02. The molecular formula is C16H16FNO. The van der Waals surface area contributed by atoms with Crippen molar-refractivity contribution in [3.05, 3.63) is 65.5 Å². The van der Waals surface area contributed by atoms with Crippen LogP contribution in [-0.2, 0) is 6.54 Å². The number of benzene rings is 2. The van der Waals surface area contributed by atoms with Gasteiger partial charge >= 0.3 is 0 Å². The topological polar surface area (TPSA) is 32.3 Å². The molecule has 1 saturated carbocycles. The van der Waals surface area contributed by atoms with Crippen molar-refractivity contribution < 1.29 is 9.50 Å². The number of hydrogen-bond donors (Lipinski definition) is 2. The molecule has 98 valence electrons. The zero-order valence-electron chi connectivity index (χ0n) is 10.5. The Balaban J connectivity index is 1.57. The first-order valence-corrected chi connectivity index (χ1v) is 6.49. The van der Waals surface area contributed by atoms with Gasteiger partial charge in [-0.05, 0) is 29.7 Å². The van der Waals surface area contributed by atoms with E-state index < -0.39 is 5.82 Å². The summed E-state index contributed by atoms with van der Waals surface area (Å²) in [6, 6.07) is 15.0. The van der Waals surface area contributed by atoms with Crippen LogP contribution < -0.4 is 5.32 Å². The molecule has 0 spiro atoms. The van der Waals surface area contributed by atoms with Gasteiger partial charge in [-0.15, -0.1) is 0 Å². The van der Waals surface area contributed by atoms with Crippen LogP contribution in [0.15, 0.2) is 48.5 Å². The highest BCUT2D eigenvalue weighted by Crippen LogP contribution is 2.40. The first-order chi connectivity index (χ1) is 9.22. The fourth-order valence-electron chi connectivity index (χ4n) is 2.47. The average Bonchev–Trinajstić information content (AvgIpc) is 3.16. The van der Waals surface area contributed by atoms with Gasteiger partial charge in [-0.25, -0.2) is 4.39 Å². The van der Waals surface area contributed by atoms with E-state index in [-0.39, 0.29) is 5.75 Å². The lowest BCUT2D eigenvalue weighted by Gasteiger charge is -2.05. The van der Waals surface area contributed by atoms with Crippen molar-refractivity contribution in [3.63, 3.8) is 0 Å². The number of aromatic hydroxyl groups is 1. The maximum absolute atomic E-state index is 13.1. The summed E-state index contributed by atoms with van der Waals surface area (Å²) in [5.74, 6) is 0.141. The van der Waals surface area contributed by atoms with Crippen LogP contribution >= 0.6 is 0 Å². The van der Waals surface area contributed by atoms with Crippen molar-refractivity contribution in [1.82, 2.24) is 5.32 Å². The van der Waals surface area contributed by atoms with E-state index in [1.807, 2.05) is 6.07 Å². The predicted molar refractivity (Wildman–Crippen MR) is 72.5 cm³/mol. The maximum Gasteiger partial charge on any atom is 0.127 e. The van der Waals surface area contributed by atoms with Crippen molar-refractivity contribution in [3.8, 4) is 5.75 Å². The quantitative estimate of drug-likeness (QED) is 0.881. The van der Waals surface area contributed by atoms with Gasteiger partial charge in [0.05, 0.1) is 0 Å². The molecule has 2 aromatic rings. The van der Waals surface area contributed by atoms with E-state index in [1.165, 1.54) is 11.6 Å². The van der Waals surface area contributed by atoms with Crippen LogP contribution in [0.25, 0.3) is 0 Å². The SMILES string of the molecule is Oc1cc(F)cc(CNC2CC2c2ccccc2)c1. The lowest BCUT2D eigenvalue weighted by molar-refractivity contribution is 0.467. The van der Waals surface area contributed by atoms with E-state index in [0.29, 0.717) is 18.5 Å². The minimum absolute atomic E-state index is 0.0211. The molecule has 0 saturated heterocycles. The molecular weight excluding hydrogens is 241 g/mol. The third-order valence-electron chi connectivity index (χ3n) is 3.53. The van der Waals surface area contributed by atoms with E-state index in [1.54, 1.807) is 6.07 Å². The molecule has 0 aliphatic heterocycles. The molecule has 0 heterocycles. The summed E-state index contributed by atoms with van der Waals surface area (Å²) in [5, 5.41) is 12.7. The molecule has 2 atom stereocenters. The molecule has 0 amide bonds. The van der Waals surface area contributed by atoms with Gasteiger partial charge in [-0.1, -0.05) is 30.3 Å². The predicted octanol–water partition coefficient (Wildman–Crippen LogP) is 3.18. The molecule has 2 N–H and O–H groups in total. The monoisotopic (exact) mass is 257 g/mol. The van der Waals surface area contributed by atoms with Crippen LogP contribution in [0.2, 0.25) is 0 Å². The van der Waals surface area contributed by atoms with E-state index in [2.05, 4.69) is 29.6 Å². The van der Waals surface area contributed by atoms with E-state index in [4.69, 9.17) is 0 Å². The molecule has 3 rings (SSSR count). The Labute approximate surface area is 111 Å². The smallest absolute Gasteiger partial charge is 0.127 e. The van der Waals surface area contributed by atoms with Crippen molar-refractivity contribution in [1.29, 1.82) is 0 Å². The highest BCUT2D eigenvalue weighted by molar-refractivity contribution is 5.30. The number of phenolic OH excluding ortho intramolecular Hbond substituents is 1. The van der Waals surface area contributed by atoms with Crippen LogP contribution in [0.1, 0.15) is 23.5 Å². The average molecular weight is 257 g/mol. The second-order valence-corrected chi connectivity index (χ2v) is 5.06. The lowest BCUT2D eigenvalue weighted by Crippen LogP contribution is -2.17. The first-order valence-electron chi connectivity index (χ1n) is 6.49. The molecule has 0 radical (unpaired) electrons.